The summed E-state index contributed by atoms with van der Waals surface area (Å²) in [6.07, 6.45) is -4.58. The summed E-state index contributed by atoms with van der Waals surface area (Å²) in [5.74, 6) is -0.852. The van der Waals surface area contributed by atoms with E-state index < -0.39 is 33.6 Å². The maximum atomic E-state index is 13.2. The zero-order valence-electron chi connectivity index (χ0n) is 16.5. The smallest absolute Gasteiger partial charge is 0.406 e. The maximum Gasteiger partial charge on any atom is 0.573 e. The van der Waals surface area contributed by atoms with Gasteiger partial charge in [0.15, 0.2) is 5.60 Å². The number of sulfonamides is 1. The number of morpholine rings is 1. The summed E-state index contributed by atoms with van der Waals surface area (Å²) in [5, 5.41) is 0.399. The van der Waals surface area contributed by atoms with Crippen LogP contribution in [0.1, 0.15) is 6.42 Å². The van der Waals surface area contributed by atoms with Crippen molar-refractivity contribution in [3.63, 3.8) is 0 Å². The molecule has 1 atom stereocenters. The van der Waals surface area contributed by atoms with Gasteiger partial charge in [-0.05, 0) is 48.5 Å². The average Bonchev–Trinajstić information content (AvgIpc) is 3.03. The highest BCUT2D eigenvalue weighted by Gasteiger charge is 2.52. The third-order valence-corrected chi connectivity index (χ3v) is 7.47. The van der Waals surface area contributed by atoms with Gasteiger partial charge < -0.3 is 14.4 Å². The molecule has 172 valence electrons. The van der Waals surface area contributed by atoms with Gasteiger partial charge in [0, 0.05) is 30.2 Å². The molecular weight excluding hydrogens is 473 g/mol. The largest absolute Gasteiger partial charge is 0.573 e. The number of rotatable bonds is 4. The van der Waals surface area contributed by atoms with E-state index >= 15 is 0 Å². The zero-order valence-corrected chi connectivity index (χ0v) is 18.1. The molecule has 0 aliphatic carbocycles. The van der Waals surface area contributed by atoms with Crippen molar-refractivity contribution in [1.82, 2.24) is 4.31 Å². The topological polar surface area (TPSA) is 76.2 Å². The van der Waals surface area contributed by atoms with E-state index in [-0.39, 0.29) is 37.6 Å². The second kappa shape index (κ2) is 8.22. The van der Waals surface area contributed by atoms with Crippen molar-refractivity contribution in [2.24, 2.45) is 0 Å². The number of hydrogen-bond acceptors (Lipinski definition) is 5. The van der Waals surface area contributed by atoms with Gasteiger partial charge in [0.25, 0.3) is 5.91 Å². The molecule has 1 unspecified atom stereocenters. The van der Waals surface area contributed by atoms with Gasteiger partial charge in [0.1, 0.15) is 5.75 Å². The molecule has 2 fully saturated rings. The first-order valence-electron chi connectivity index (χ1n) is 9.58. The Kier molecular flexibility index (Phi) is 5.86. The minimum absolute atomic E-state index is 0.0325. The van der Waals surface area contributed by atoms with Gasteiger partial charge in [-0.3, -0.25) is 4.79 Å². The highest BCUT2D eigenvalue weighted by atomic mass is 35.5. The summed E-state index contributed by atoms with van der Waals surface area (Å²) in [6.45, 7) is 0.184. The van der Waals surface area contributed by atoms with Crippen molar-refractivity contribution in [1.29, 1.82) is 0 Å². The molecule has 2 aliphatic heterocycles. The number of halogens is 4. The first-order chi connectivity index (χ1) is 15.0. The van der Waals surface area contributed by atoms with Gasteiger partial charge in [-0.15, -0.1) is 13.2 Å². The fraction of sp³-hybridized carbons (Fsp3) is 0.350. The van der Waals surface area contributed by atoms with Crippen LogP contribution < -0.4 is 9.64 Å². The Labute approximate surface area is 187 Å². The van der Waals surface area contributed by atoms with Crippen molar-refractivity contribution in [2.45, 2.75) is 23.3 Å². The van der Waals surface area contributed by atoms with Crippen LogP contribution in [0.3, 0.4) is 0 Å². The van der Waals surface area contributed by atoms with Crippen LogP contribution in [-0.2, 0) is 19.6 Å². The molecule has 2 aromatic rings. The molecule has 7 nitrogen and oxygen atoms in total. The Hall–Kier alpha value is -2.34. The minimum atomic E-state index is -4.82. The predicted octanol–water partition coefficient (Wildman–Crippen LogP) is 3.44. The van der Waals surface area contributed by atoms with Gasteiger partial charge in [-0.1, -0.05) is 11.6 Å². The van der Waals surface area contributed by atoms with Crippen molar-refractivity contribution in [3.8, 4) is 5.75 Å². The number of carbonyl (C=O) groups is 1. The van der Waals surface area contributed by atoms with Crippen LogP contribution in [0.25, 0.3) is 0 Å². The van der Waals surface area contributed by atoms with Crippen LogP contribution in [0, 0.1) is 0 Å². The van der Waals surface area contributed by atoms with E-state index in [1.165, 1.54) is 45.6 Å². The Balaban J connectivity index is 1.52. The fourth-order valence-electron chi connectivity index (χ4n) is 3.81. The number of anilines is 1. The minimum Gasteiger partial charge on any atom is -0.406 e. The fourth-order valence-corrected chi connectivity index (χ4v) is 5.41. The van der Waals surface area contributed by atoms with Crippen molar-refractivity contribution in [2.75, 3.05) is 31.1 Å². The van der Waals surface area contributed by atoms with Crippen LogP contribution in [0.2, 0.25) is 5.02 Å². The van der Waals surface area contributed by atoms with Crippen molar-refractivity contribution >= 4 is 33.2 Å². The summed E-state index contributed by atoms with van der Waals surface area (Å²) in [4.78, 5) is 14.6. The van der Waals surface area contributed by atoms with E-state index in [0.29, 0.717) is 10.7 Å². The van der Waals surface area contributed by atoms with E-state index in [0.717, 1.165) is 12.1 Å². The lowest BCUT2D eigenvalue weighted by Crippen LogP contribution is -2.57. The normalized spacial score (nSPS) is 22.5. The Morgan fingerprint density at radius 2 is 1.69 bits per heavy atom. The van der Waals surface area contributed by atoms with Crippen LogP contribution >= 0.6 is 11.6 Å². The molecule has 2 aromatic carbocycles. The summed E-state index contributed by atoms with van der Waals surface area (Å²) < 4.78 is 74.0. The van der Waals surface area contributed by atoms with Gasteiger partial charge in [0.05, 0.1) is 18.0 Å². The van der Waals surface area contributed by atoms with Crippen LogP contribution in [-0.4, -0.2) is 56.8 Å². The van der Waals surface area contributed by atoms with Crippen LogP contribution in [0.15, 0.2) is 53.4 Å². The number of alkyl halides is 3. The van der Waals surface area contributed by atoms with Crippen LogP contribution in [0.5, 0.6) is 5.75 Å². The average molecular weight is 491 g/mol. The Morgan fingerprint density at radius 3 is 2.31 bits per heavy atom. The standard InChI is InChI=1S/C20H18ClF3N2O5S/c21-14-1-7-17(8-2-14)32(28,29)25-11-12-30-19(13-25)9-10-26(18(19)27)15-3-5-16(6-4-15)31-20(22,23)24/h1-8H,9-13H2. The van der Waals surface area contributed by atoms with E-state index in [1.807, 2.05) is 0 Å². The molecule has 0 bridgehead atoms. The number of carbonyl (C=O) groups excluding carboxylic acids is 1. The quantitative estimate of drug-likeness (QED) is 0.656. The van der Waals surface area contributed by atoms with E-state index in [2.05, 4.69) is 4.74 Å². The number of hydrogen-bond donors (Lipinski definition) is 0. The molecule has 12 heteroatoms. The van der Waals surface area contributed by atoms with E-state index in [9.17, 15) is 26.4 Å². The molecule has 0 aromatic heterocycles. The van der Waals surface area contributed by atoms with Gasteiger partial charge in [-0.2, -0.15) is 4.31 Å². The second-order valence-electron chi connectivity index (χ2n) is 7.38. The van der Waals surface area contributed by atoms with E-state index in [1.54, 1.807) is 0 Å². The first-order valence-corrected chi connectivity index (χ1v) is 11.4. The van der Waals surface area contributed by atoms with E-state index in [4.69, 9.17) is 16.3 Å². The molecule has 1 spiro atoms. The lowest BCUT2D eigenvalue weighted by atomic mass is 10.0. The monoisotopic (exact) mass is 490 g/mol. The summed E-state index contributed by atoms with van der Waals surface area (Å²) in [7, 11) is -3.87. The molecule has 4 rings (SSSR count). The highest BCUT2D eigenvalue weighted by Crippen LogP contribution is 2.36. The molecule has 1 amide bonds. The maximum absolute atomic E-state index is 13.2. The molecule has 32 heavy (non-hydrogen) atoms. The Morgan fingerprint density at radius 1 is 1.03 bits per heavy atom. The molecule has 0 radical (unpaired) electrons. The third kappa shape index (κ3) is 4.42. The van der Waals surface area contributed by atoms with Gasteiger partial charge in [-0.25, -0.2) is 8.42 Å². The SMILES string of the molecule is O=C1N(c2ccc(OC(F)(F)F)cc2)CCC12CN(S(=O)(=O)c1ccc(Cl)cc1)CCO2. The molecular formula is C20H18ClF3N2O5S. The highest BCUT2D eigenvalue weighted by molar-refractivity contribution is 7.89. The van der Waals surface area contributed by atoms with Gasteiger partial charge in [0.2, 0.25) is 10.0 Å². The van der Waals surface area contributed by atoms with Gasteiger partial charge >= 0.3 is 6.36 Å². The van der Waals surface area contributed by atoms with Crippen LogP contribution in [0.4, 0.5) is 18.9 Å². The first kappa shape index (κ1) is 22.8. The lowest BCUT2D eigenvalue weighted by Gasteiger charge is -2.38. The molecule has 0 saturated carbocycles. The summed E-state index contributed by atoms with van der Waals surface area (Å²) in [6, 6.07) is 10.6. The molecule has 2 heterocycles. The number of amides is 1. The van der Waals surface area contributed by atoms with Crippen molar-refractivity contribution < 1.29 is 35.9 Å². The Bertz CT molecular complexity index is 1110. The summed E-state index contributed by atoms with van der Waals surface area (Å²) in [5.41, 5.74) is -0.999. The third-order valence-electron chi connectivity index (χ3n) is 5.36. The number of benzene rings is 2. The number of nitrogens with zero attached hydrogens (tertiary/aromatic N) is 2. The van der Waals surface area contributed by atoms with Crippen molar-refractivity contribution in [3.05, 3.63) is 53.6 Å². The zero-order chi connectivity index (χ0) is 23.1. The number of ether oxygens (including phenoxy) is 2. The molecule has 0 N–H and O–H groups in total. The molecule has 2 saturated heterocycles. The summed E-state index contributed by atoms with van der Waals surface area (Å²) >= 11 is 5.84. The second-order valence-corrected chi connectivity index (χ2v) is 9.76. The molecule has 2 aliphatic rings. The predicted molar refractivity (Wildman–Crippen MR) is 109 cm³/mol. The lowest BCUT2D eigenvalue weighted by molar-refractivity contribution is -0.274.